The van der Waals surface area contributed by atoms with Gasteiger partial charge < -0.3 is 9.84 Å². The van der Waals surface area contributed by atoms with Crippen LogP contribution in [0.5, 0.6) is 11.5 Å². The first kappa shape index (κ1) is 15.4. The first-order valence-electron chi connectivity index (χ1n) is 6.67. The first-order chi connectivity index (χ1) is 9.93. The Morgan fingerprint density at radius 1 is 1.38 bits per heavy atom. The molecule has 112 valence electrons. The number of nitrogens with zero attached hydrogens (tertiary/aromatic N) is 1. The zero-order chi connectivity index (χ0) is 15.6. The van der Waals surface area contributed by atoms with Crippen LogP contribution in [0.25, 0.3) is 6.08 Å². The van der Waals surface area contributed by atoms with Crippen molar-refractivity contribution in [2.45, 2.75) is 26.8 Å². The maximum Gasteiger partial charge on any atom is 0.293 e. The molecule has 1 aromatic rings. The molecule has 1 aliphatic rings. The van der Waals surface area contributed by atoms with Gasteiger partial charge in [0.05, 0.1) is 11.5 Å². The molecule has 0 aromatic heterocycles. The highest BCUT2D eigenvalue weighted by atomic mass is 32.2. The number of carbonyl (C=O) groups excluding carboxylic acids is 2. The summed E-state index contributed by atoms with van der Waals surface area (Å²) in [6.07, 6.45) is 1.63. The van der Waals surface area contributed by atoms with Crippen LogP contribution in [0.3, 0.4) is 0 Å². The fourth-order valence-corrected chi connectivity index (χ4v) is 2.93. The summed E-state index contributed by atoms with van der Waals surface area (Å²) in [6, 6.07) is 4.65. The van der Waals surface area contributed by atoms with Crippen LogP contribution in [0.2, 0.25) is 0 Å². The molecule has 1 heterocycles. The minimum absolute atomic E-state index is 0.0456. The van der Waals surface area contributed by atoms with E-state index in [1.807, 2.05) is 6.92 Å². The lowest BCUT2D eigenvalue weighted by molar-refractivity contribution is -0.123. The molecule has 0 spiro atoms. The number of hydrogen-bond donors (Lipinski definition) is 1. The molecule has 1 N–H and O–H groups in total. The van der Waals surface area contributed by atoms with Crippen LogP contribution in [-0.4, -0.2) is 33.8 Å². The van der Waals surface area contributed by atoms with Gasteiger partial charge in [0.2, 0.25) is 0 Å². The summed E-state index contributed by atoms with van der Waals surface area (Å²) in [5.74, 6) is 0.115. The number of amides is 2. The summed E-state index contributed by atoms with van der Waals surface area (Å²) >= 11 is 0.924. The van der Waals surface area contributed by atoms with E-state index in [0.717, 1.165) is 11.8 Å². The van der Waals surface area contributed by atoms with Crippen molar-refractivity contribution in [3.8, 4) is 11.5 Å². The Hall–Kier alpha value is -1.95. The second kappa shape index (κ2) is 6.22. The average molecular weight is 307 g/mol. The minimum Gasteiger partial charge on any atom is -0.504 e. The van der Waals surface area contributed by atoms with Crippen molar-refractivity contribution in [3.05, 3.63) is 28.7 Å². The third-order valence-corrected chi connectivity index (χ3v) is 3.81. The van der Waals surface area contributed by atoms with Crippen LogP contribution >= 0.6 is 11.8 Å². The highest BCUT2D eigenvalue weighted by Gasteiger charge is 2.36. The van der Waals surface area contributed by atoms with E-state index in [1.54, 1.807) is 32.1 Å². The van der Waals surface area contributed by atoms with Crippen molar-refractivity contribution in [1.29, 1.82) is 0 Å². The number of carbonyl (C=O) groups is 2. The number of aromatic hydroxyl groups is 1. The van der Waals surface area contributed by atoms with Gasteiger partial charge in [0.1, 0.15) is 0 Å². The summed E-state index contributed by atoms with van der Waals surface area (Å²) in [7, 11) is 0. The molecule has 1 aromatic carbocycles. The first-order valence-corrected chi connectivity index (χ1v) is 7.48. The van der Waals surface area contributed by atoms with Crippen LogP contribution < -0.4 is 4.74 Å². The third-order valence-electron chi connectivity index (χ3n) is 2.92. The Morgan fingerprint density at radius 3 is 2.67 bits per heavy atom. The molecule has 1 aliphatic heterocycles. The van der Waals surface area contributed by atoms with Gasteiger partial charge >= 0.3 is 0 Å². The van der Waals surface area contributed by atoms with Crippen LogP contribution in [0, 0.1) is 0 Å². The second-order valence-electron chi connectivity index (χ2n) is 4.81. The molecule has 1 fully saturated rings. The maximum absolute atomic E-state index is 12.2. The molecule has 5 nitrogen and oxygen atoms in total. The van der Waals surface area contributed by atoms with Gasteiger partial charge in [-0.15, -0.1) is 0 Å². The van der Waals surface area contributed by atoms with E-state index in [1.165, 1.54) is 11.0 Å². The van der Waals surface area contributed by atoms with E-state index in [9.17, 15) is 14.7 Å². The lowest BCUT2D eigenvalue weighted by Crippen LogP contribution is -2.34. The molecule has 2 amide bonds. The van der Waals surface area contributed by atoms with E-state index in [-0.39, 0.29) is 22.9 Å². The maximum atomic E-state index is 12.2. The number of benzene rings is 1. The summed E-state index contributed by atoms with van der Waals surface area (Å²) in [6.45, 7) is 5.85. The van der Waals surface area contributed by atoms with E-state index in [4.69, 9.17) is 4.74 Å². The Kier molecular flexibility index (Phi) is 4.57. The van der Waals surface area contributed by atoms with Gasteiger partial charge in [-0.1, -0.05) is 6.07 Å². The van der Waals surface area contributed by atoms with Gasteiger partial charge in [-0.05, 0) is 56.3 Å². The highest BCUT2D eigenvalue weighted by molar-refractivity contribution is 8.18. The van der Waals surface area contributed by atoms with Crippen LogP contribution in [0.4, 0.5) is 4.79 Å². The number of hydrogen-bond acceptors (Lipinski definition) is 5. The lowest BCUT2D eigenvalue weighted by atomic mass is 10.2. The topological polar surface area (TPSA) is 66.8 Å². The molecule has 21 heavy (non-hydrogen) atoms. The Morgan fingerprint density at radius 2 is 2.10 bits per heavy atom. The fraction of sp³-hybridized carbons (Fsp3) is 0.333. The number of rotatable bonds is 4. The quantitative estimate of drug-likeness (QED) is 0.865. The minimum atomic E-state index is -0.286. The van der Waals surface area contributed by atoms with E-state index < -0.39 is 0 Å². The van der Waals surface area contributed by atoms with Crippen molar-refractivity contribution < 1.29 is 19.4 Å². The summed E-state index contributed by atoms with van der Waals surface area (Å²) < 4.78 is 5.30. The molecule has 0 aliphatic carbocycles. The molecule has 0 radical (unpaired) electrons. The normalized spacial score (nSPS) is 17.1. The summed E-state index contributed by atoms with van der Waals surface area (Å²) in [5.41, 5.74) is 0.700. The number of thioether (sulfide) groups is 1. The summed E-state index contributed by atoms with van der Waals surface area (Å²) in [5, 5.41) is 9.40. The third kappa shape index (κ3) is 3.21. The van der Waals surface area contributed by atoms with Gasteiger partial charge in [0.15, 0.2) is 11.5 Å². The standard InChI is InChI=1S/C15H17NO4S/c1-4-20-12-7-10(5-6-11(12)17)8-13-14(18)16(9(2)3)15(19)21-13/h5-9,17H,4H2,1-3H3/b13-8-. The highest BCUT2D eigenvalue weighted by Crippen LogP contribution is 2.35. The van der Waals surface area contributed by atoms with Gasteiger partial charge in [0.25, 0.3) is 11.1 Å². The number of phenolic OH excluding ortho intramolecular Hbond substituents is 1. The molecule has 6 heteroatoms. The number of ether oxygens (including phenoxy) is 1. The van der Waals surface area contributed by atoms with Gasteiger partial charge in [-0.2, -0.15) is 0 Å². The Bertz CT molecular complexity index is 610. The van der Waals surface area contributed by atoms with Crippen LogP contribution in [0.1, 0.15) is 26.3 Å². The largest absolute Gasteiger partial charge is 0.504 e. The average Bonchev–Trinajstić information content (AvgIpc) is 2.68. The lowest BCUT2D eigenvalue weighted by Gasteiger charge is -2.16. The molecular weight excluding hydrogens is 290 g/mol. The molecular formula is C15H17NO4S. The predicted molar refractivity (Wildman–Crippen MR) is 82.2 cm³/mol. The predicted octanol–water partition coefficient (Wildman–Crippen LogP) is 3.24. The Balaban J connectivity index is 2.30. The molecule has 2 rings (SSSR count). The monoisotopic (exact) mass is 307 g/mol. The second-order valence-corrected chi connectivity index (χ2v) is 5.80. The Labute approximate surface area is 127 Å². The number of imide groups is 1. The molecule has 0 bridgehead atoms. The molecule has 0 saturated carbocycles. The van der Waals surface area contributed by atoms with Gasteiger partial charge in [-0.3, -0.25) is 14.5 Å². The molecule has 1 saturated heterocycles. The van der Waals surface area contributed by atoms with E-state index in [2.05, 4.69) is 0 Å². The fourth-order valence-electron chi connectivity index (χ4n) is 1.97. The SMILES string of the molecule is CCOc1cc(/C=C2\SC(=O)N(C(C)C)C2=O)ccc1O. The van der Waals surface area contributed by atoms with Gasteiger partial charge in [-0.25, -0.2) is 0 Å². The van der Waals surface area contributed by atoms with Crippen molar-refractivity contribution in [2.24, 2.45) is 0 Å². The van der Waals surface area contributed by atoms with Crippen molar-refractivity contribution in [3.63, 3.8) is 0 Å². The smallest absolute Gasteiger partial charge is 0.293 e. The van der Waals surface area contributed by atoms with E-state index in [0.29, 0.717) is 22.8 Å². The summed E-state index contributed by atoms with van der Waals surface area (Å²) in [4.78, 5) is 25.6. The van der Waals surface area contributed by atoms with E-state index >= 15 is 0 Å². The van der Waals surface area contributed by atoms with Gasteiger partial charge in [0, 0.05) is 6.04 Å². The molecule has 0 unspecified atom stereocenters. The van der Waals surface area contributed by atoms with Crippen molar-refractivity contribution in [2.75, 3.05) is 6.61 Å². The van der Waals surface area contributed by atoms with Crippen molar-refractivity contribution in [1.82, 2.24) is 4.90 Å². The van der Waals surface area contributed by atoms with Crippen LogP contribution in [-0.2, 0) is 4.79 Å². The zero-order valence-electron chi connectivity index (χ0n) is 12.1. The van der Waals surface area contributed by atoms with Crippen molar-refractivity contribution >= 4 is 29.0 Å². The molecule has 0 atom stereocenters. The number of phenols is 1. The van der Waals surface area contributed by atoms with Crippen LogP contribution in [0.15, 0.2) is 23.1 Å². The zero-order valence-corrected chi connectivity index (χ0v) is 12.9.